The van der Waals surface area contributed by atoms with Crippen molar-refractivity contribution in [3.8, 4) is 0 Å². The topological polar surface area (TPSA) is 31.2 Å². The van der Waals surface area contributed by atoms with Gasteiger partial charge in [0.1, 0.15) is 5.60 Å². The molecule has 1 aliphatic rings. The van der Waals surface area contributed by atoms with Gasteiger partial charge >= 0.3 is 6.09 Å². The fourth-order valence-corrected chi connectivity index (χ4v) is 4.22. The Kier molecular flexibility index (Phi) is 4.12. The molecule has 0 spiro atoms. The summed E-state index contributed by atoms with van der Waals surface area (Å²) in [7, 11) is 0. The van der Waals surface area contributed by atoms with Gasteiger partial charge in [0.2, 0.25) is 0 Å². The number of para-hydroxylation sites is 1. The first-order chi connectivity index (χ1) is 12.7. The molecule has 0 bridgehead atoms. The second kappa shape index (κ2) is 6.13. The number of hydrogen-bond acceptors (Lipinski definition) is 2. The summed E-state index contributed by atoms with van der Waals surface area (Å²) in [5.74, 6) is 0. The summed E-state index contributed by atoms with van der Waals surface area (Å²) < 4.78 is 7.42. The van der Waals surface area contributed by atoms with Gasteiger partial charge < -0.3 is 4.74 Å². The van der Waals surface area contributed by atoms with Crippen LogP contribution < -0.4 is 0 Å². The lowest BCUT2D eigenvalue weighted by Crippen LogP contribution is -2.27. The number of carbonyl (C=O) groups excluding carboxylic acids is 1. The average molecular weight is 382 g/mol. The van der Waals surface area contributed by atoms with Gasteiger partial charge in [-0.15, -0.1) is 0 Å². The number of carbonyl (C=O) groups is 1. The Hall–Kier alpha value is -2.26. The zero-order valence-corrected chi connectivity index (χ0v) is 16.9. The Morgan fingerprint density at radius 2 is 1.70 bits per heavy atom. The number of aromatic nitrogens is 1. The van der Waals surface area contributed by atoms with Crippen molar-refractivity contribution in [2.24, 2.45) is 0 Å². The van der Waals surface area contributed by atoms with Crippen LogP contribution in [0.2, 0.25) is 5.02 Å². The maximum absolute atomic E-state index is 13.0. The monoisotopic (exact) mass is 381 g/mol. The zero-order chi connectivity index (χ0) is 19.4. The van der Waals surface area contributed by atoms with Crippen LogP contribution >= 0.6 is 11.6 Å². The van der Waals surface area contributed by atoms with E-state index in [2.05, 4.69) is 18.2 Å². The van der Waals surface area contributed by atoms with Gasteiger partial charge in [-0.3, -0.25) is 0 Å². The summed E-state index contributed by atoms with van der Waals surface area (Å²) in [5.41, 5.74) is 3.75. The molecule has 4 rings (SSSR count). The van der Waals surface area contributed by atoms with Gasteiger partial charge in [-0.2, -0.15) is 0 Å². The molecule has 1 aromatic heterocycles. The molecule has 0 atom stereocenters. The van der Waals surface area contributed by atoms with Crippen molar-refractivity contribution in [3.63, 3.8) is 0 Å². The molecular formula is C23H24ClNO2. The van der Waals surface area contributed by atoms with Gasteiger partial charge in [-0.25, -0.2) is 9.36 Å². The molecule has 0 amide bonds. The lowest BCUT2D eigenvalue weighted by atomic mass is 9.86. The summed E-state index contributed by atoms with van der Waals surface area (Å²) in [6.07, 6.45) is 1.81. The minimum Gasteiger partial charge on any atom is -0.443 e. The van der Waals surface area contributed by atoms with Crippen LogP contribution in [0.15, 0.2) is 48.5 Å². The molecule has 140 valence electrons. The highest BCUT2D eigenvalue weighted by Crippen LogP contribution is 2.56. The predicted molar refractivity (Wildman–Crippen MR) is 110 cm³/mol. The van der Waals surface area contributed by atoms with Gasteiger partial charge in [0.25, 0.3) is 0 Å². The maximum atomic E-state index is 13.0. The maximum Gasteiger partial charge on any atom is 0.419 e. The van der Waals surface area contributed by atoms with Crippen LogP contribution in [0.25, 0.3) is 10.9 Å². The Labute approximate surface area is 164 Å². The van der Waals surface area contributed by atoms with E-state index >= 15 is 0 Å². The average Bonchev–Trinajstić information content (AvgIpc) is 3.31. The van der Waals surface area contributed by atoms with E-state index in [1.165, 1.54) is 11.1 Å². The van der Waals surface area contributed by atoms with Gasteiger partial charge in [-0.05, 0) is 69.9 Å². The first-order valence-corrected chi connectivity index (χ1v) is 9.71. The van der Waals surface area contributed by atoms with Crippen LogP contribution in [-0.2, 0) is 10.2 Å². The zero-order valence-electron chi connectivity index (χ0n) is 16.2. The Balaban J connectivity index is 1.91. The van der Waals surface area contributed by atoms with Crippen LogP contribution in [0.3, 0.4) is 0 Å². The molecule has 0 radical (unpaired) electrons. The van der Waals surface area contributed by atoms with Gasteiger partial charge in [-0.1, -0.05) is 41.9 Å². The van der Waals surface area contributed by atoms with Crippen molar-refractivity contribution in [1.29, 1.82) is 0 Å². The molecule has 3 aromatic rings. The molecule has 0 saturated heterocycles. The molecule has 27 heavy (non-hydrogen) atoms. The highest BCUT2D eigenvalue weighted by atomic mass is 35.5. The summed E-state index contributed by atoms with van der Waals surface area (Å²) in [6, 6.07) is 16.2. The van der Waals surface area contributed by atoms with Crippen molar-refractivity contribution in [2.45, 2.75) is 51.6 Å². The smallest absolute Gasteiger partial charge is 0.419 e. The van der Waals surface area contributed by atoms with E-state index in [-0.39, 0.29) is 11.5 Å². The Morgan fingerprint density at radius 3 is 2.30 bits per heavy atom. The summed E-state index contributed by atoms with van der Waals surface area (Å²) >= 11 is 6.10. The van der Waals surface area contributed by atoms with E-state index in [4.69, 9.17) is 16.3 Å². The molecule has 1 aliphatic carbocycles. The van der Waals surface area contributed by atoms with Crippen molar-refractivity contribution in [1.82, 2.24) is 4.57 Å². The standard InChI is InChI=1S/C23H24ClNO2/c1-15-20(23(13-14-23)16-9-11-17(24)12-10-16)18-7-5-6-8-19(18)25(15)21(26)27-22(2,3)4/h5-12H,13-14H2,1-4H3. The number of rotatable bonds is 2. The number of halogens is 1. The van der Waals surface area contributed by atoms with Crippen LogP contribution in [0.5, 0.6) is 0 Å². The first-order valence-electron chi connectivity index (χ1n) is 9.33. The fraction of sp³-hybridized carbons (Fsp3) is 0.348. The van der Waals surface area contributed by atoms with E-state index in [1.54, 1.807) is 4.57 Å². The van der Waals surface area contributed by atoms with Crippen LogP contribution in [0, 0.1) is 6.92 Å². The minimum absolute atomic E-state index is 0.0540. The van der Waals surface area contributed by atoms with Gasteiger partial charge in [0.15, 0.2) is 0 Å². The molecule has 1 saturated carbocycles. The third-order valence-electron chi connectivity index (χ3n) is 5.31. The van der Waals surface area contributed by atoms with Crippen LogP contribution in [0.1, 0.15) is 50.4 Å². The second-order valence-corrected chi connectivity index (χ2v) is 8.82. The quantitative estimate of drug-likeness (QED) is 0.509. The van der Waals surface area contributed by atoms with Crippen molar-refractivity contribution >= 4 is 28.6 Å². The number of nitrogens with zero attached hydrogens (tertiary/aromatic N) is 1. The largest absolute Gasteiger partial charge is 0.443 e. The van der Waals surface area contributed by atoms with Crippen LogP contribution in [0.4, 0.5) is 4.79 Å². The minimum atomic E-state index is -0.539. The molecule has 0 unspecified atom stereocenters. The van der Waals surface area contributed by atoms with E-state index in [9.17, 15) is 4.79 Å². The third kappa shape index (κ3) is 3.04. The number of benzene rings is 2. The van der Waals surface area contributed by atoms with Crippen molar-refractivity contribution in [3.05, 3.63) is 70.4 Å². The molecule has 4 heteroatoms. The highest BCUT2D eigenvalue weighted by molar-refractivity contribution is 6.30. The van der Waals surface area contributed by atoms with Gasteiger partial charge in [0.05, 0.1) is 5.52 Å². The lowest BCUT2D eigenvalue weighted by Gasteiger charge is -2.21. The summed E-state index contributed by atoms with van der Waals surface area (Å²) in [6.45, 7) is 7.70. The molecule has 1 heterocycles. The third-order valence-corrected chi connectivity index (χ3v) is 5.56. The molecule has 2 aromatic carbocycles. The van der Waals surface area contributed by atoms with Crippen molar-refractivity contribution < 1.29 is 9.53 Å². The highest BCUT2D eigenvalue weighted by Gasteiger charge is 2.49. The molecule has 1 fully saturated rings. The molecule has 3 nitrogen and oxygen atoms in total. The molecule has 0 aliphatic heterocycles. The number of ether oxygens (including phenoxy) is 1. The molecular weight excluding hydrogens is 358 g/mol. The Morgan fingerprint density at radius 1 is 1.07 bits per heavy atom. The van der Waals surface area contributed by atoms with Crippen molar-refractivity contribution in [2.75, 3.05) is 0 Å². The number of hydrogen-bond donors (Lipinski definition) is 0. The summed E-state index contributed by atoms with van der Waals surface area (Å²) in [4.78, 5) is 13.0. The first kappa shape index (κ1) is 18.1. The van der Waals surface area contributed by atoms with E-state index in [1.807, 2.05) is 58.0 Å². The normalized spacial score (nSPS) is 15.7. The lowest BCUT2D eigenvalue weighted by molar-refractivity contribution is 0.0541. The summed E-state index contributed by atoms with van der Waals surface area (Å²) in [5, 5.41) is 1.86. The second-order valence-electron chi connectivity index (χ2n) is 8.38. The fourth-order valence-electron chi connectivity index (χ4n) is 4.09. The SMILES string of the molecule is Cc1c(C2(c3ccc(Cl)cc3)CC2)c2ccccc2n1C(=O)OC(C)(C)C. The number of fused-ring (bicyclic) bond motifs is 1. The van der Waals surface area contributed by atoms with E-state index in [0.717, 1.165) is 34.5 Å². The Bertz CT molecular complexity index is 1020. The molecule has 0 N–H and O–H groups in total. The predicted octanol–water partition coefficient (Wildman–Crippen LogP) is 6.47. The van der Waals surface area contributed by atoms with E-state index < -0.39 is 5.60 Å². The van der Waals surface area contributed by atoms with Crippen LogP contribution in [-0.4, -0.2) is 16.3 Å². The van der Waals surface area contributed by atoms with E-state index in [0.29, 0.717) is 0 Å². The van der Waals surface area contributed by atoms with Gasteiger partial charge in [0, 0.05) is 21.5 Å².